The van der Waals surface area contributed by atoms with Crippen LogP contribution in [0.25, 0.3) is 0 Å². The van der Waals surface area contributed by atoms with Crippen LogP contribution in [0.4, 0.5) is 0 Å². The summed E-state index contributed by atoms with van der Waals surface area (Å²) in [6.07, 6.45) is -0.221. The third kappa shape index (κ3) is 3.63. The van der Waals surface area contributed by atoms with Gasteiger partial charge in [0.25, 0.3) is 0 Å². The Labute approximate surface area is 81.1 Å². The predicted molar refractivity (Wildman–Crippen MR) is 54.7 cm³/mol. The summed E-state index contributed by atoms with van der Waals surface area (Å²) >= 11 is 0. The maximum absolute atomic E-state index is 9.02. The Morgan fingerprint density at radius 3 is 2.46 bits per heavy atom. The van der Waals surface area contributed by atoms with E-state index >= 15 is 0 Å². The summed E-state index contributed by atoms with van der Waals surface area (Å²) in [5, 5.41) is 12.3. The largest absolute Gasteiger partial charge is 0.392 e. The van der Waals surface area contributed by atoms with Crippen molar-refractivity contribution in [3.8, 4) is 0 Å². The van der Waals surface area contributed by atoms with Crippen LogP contribution < -0.4 is 5.32 Å². The molecule has 0 spiro atoms. The molecule has 13 heavy (non-hydrogen) atoms. The van der Waals surface area contributed by atoms with Crippen LogP contribution in [0.5, 0.6) is 0 Å². The van der Waals surface area contributed by atoms with Crippen molar-refractivity contribution in [3.05, 3.63) is 0 Å². The first-order valence-corrected chi connectivity index (χ1v) is 5.22. The second-order valence-corrected chi connectivity index (χ2v) is 4.42. The van der Waals surface area contributed by atoms with Gasteiger partial charge in [-0.05, 0) is 26.7 Å². The van der Waals surface area contributed by atoms with Gasteiger partial charge in [0, 0.05) is 32.2 Å². The molecule has 0 aromatic carbocycles. The first-order valence-electron chi connectivity index (χ1n) is 5.22. The molecule has 0 radical (unpaired) electrons. The summed E-state index contributed by atoms with van der Waals surface area (Å²) in [4.78, 5) is 2.47. The quantitative estimate of drug-likeness (QED) is 0.648. The molecule has 0 amide bonds. The molecular weight excluding hydrogens is 164 g/mol. The summed E-state index contributed by atoms with van der Waals surface area (Å²) in [6.45, 7) is 10.5. The molecule has 0 saturated carbocycles. The molecule has 2 N–H and O–H groups in total. The van der Waals surface area contributed by atoms with Crippen LogP contribution in [-0.4, -0.2) is 48.3 Å². The Bertz CT molecular complexity index is 142. The second-order valence-electron chi connectivity index (χ2n) is 4.42. The van der Waals surface area contributed by atoms with E-state index in [1.807, 2.05) is 6.92 Å². The Morgan fingerprint density at radius 2 is 2.00 bits per heavy atom. The van der Waals surface area contributed by atoms with Crippen LogP contribution >= 0.6 is 0 Å². The molecule has 0 aliphatic carbocycles. The Kier molecular flexibility index (Phi) is 4.16. The molecule has 1 aliphatic rings. The Morgan fingerprint density at radius 1 is 1.38 bits per heavy atom. The number of rotatable bonds is 5. The van der Waals surface area contributed by atoms with Gasteiger partial charge in [-0.2, -0.15) is 0 Å². The van der Waals surface area contributed by atoms with Gasteiger partial charge < -0.3 is 15.3 Å². The van der Waals surface area contributed by atoms with Gasteiger partial charge in [-0.3, -0.25) is 0 Å². The SMILES string of the molecule is CC(O)CNCC1CN(C(C)C)C1. The molecule has 0 aromatic rings. The van der Waals surface area contributed by atoms with Gasteiger partial charge in [0.1, 0.15) is 0 Å². The summed E-state index contributed by atoms with van der Waals surface area (Å²) in [7, 11) is 0. The van der Waals surface area contributed by atoms with Crippen molar-refractivity contribution in [1.29, 1.82) is 0 Å². The average molecular weight is 186 g/mol. The van der Waals surface area contributed by atoms with Crippen LogP contribution in [-0.2, 0) is 0 Å². The number of aliphatic hydroxyl groups excluding tert-OH is 1. The predicted octanol–water partition coefficient (Wildman–Crippen LogP) is 0.297. The monoisotopic (exact) mass is 186 g/mol. The van der Waals surface area contributed by atoms with E-state index in [0.717, 1.165) is 19.0 Å². The highest BCUT2D eigenvalue weighted by Gasteiger charge is 2.27. The molecule has 0 bridgehead atoms. The minimum atomic E-state index is -0.221. The second kappa shape index (κ2) is 4.94. The molecule has 0 aromatic heterocycles. The third-order valence-electron chi connectivity index (χ3n) is 2.59. The van der Waals surface area contributed by atoms with Crippen LogP contribution in [0.1, 0.15) is 20.8 Å². The third-order valence-corrected chi connectivity index (χ3v) is 2.59. The first-order chi connectivity index (χ1) is 6.09. The molecule has 1 aliphatic heterocycles. The minimum Gasteiger partial charge on any atom is -0.392 e. The van der Waals surface area contributed by atoms with E-state index in [1.165, 1.54) is 13.1 Å². The number of aliphatic hydroxyl groups is 1. The zero-order valence-electron chi connectivity index (χ0n) is 8.95. The van der Waals surface area contributed by atoms with E-state index in [1.54, 1.807) is 0 Å². The number of likely N-dealkylation sites (tertiary alicyclic amines) is 1. The summed E-state index contributed by atoms with van der Waals surface area (Å²) in [6, 6.07) is 0.688. The number of hydrogen-bond acceptors (Lipinski definition) is 3. The normalized spacial score (nSPS) is 21.9. The van der Waals surface area contributed by atoms with Crippen molar-refractivity contribution >= 4 is 0 Å². The molecule has 1 fully saturated rings. The van der Waals surface area contributed by atoms with Crippen LogP contribution in [0.15, 0.2) is 0 Å². The lowest BCUT2D eigenvalue weighted by atomic mass is 9.98. The fourth-order valence-corrected chi connectivity index (χ4v) is 1.66. The van der Waals surface area contributed by atoms with E-state index in [2.05, 4.69) is 24.1 Å². The molecule has 3 nitrogen and oxygen atoms in total. The van der Waals surface area contributed by atoms with Crippen molar-refractivity contribution in [2.24, 2.45) is 5.92 Å². The molecule has 3 heteroatoms. The number of nitrogens with one attached hydrogen (secondary N) is 1. The molecule has 78 valence electrons. The van der Waals surface area contributed by atoms with Crippen LogP contribution in [0.3, 0.4) is 0 Å². The molecule has 1 rings (SSSR count). The molecule has 1 atom stereocenters. The lowest BCUT2D eigenvalue weighted by Crippen LogP contribution is -2.53. The van der Waals surface area contributed by atoms with E-state index in [0.29, 0.717) is 6.04 Å². The fourth-order valence-electron chi connectivity index (χ4n) is 1.66. The van der Waals surface area contributed by atoms with Crippen LogP contribution in [0, 0.1) is 5.92 Å². The Balaban J connectivity index is 1.96. The summed E-state index contributed by atoms with van der Waals surface area (Å²) in [5.74, 6) is 0.793. The fraction of sp³-hybridized carbons (Fsp3) is 1.00. The lowest BCUT2D eigenvalue weighted by molar-refractivity contribution is 0.0654. The van der Waals surface area contributed by atoms with Gasteiger partial charge in [0.15, 0.2) is 0 Å². The highest BCUT2D eigenvalue weighted by molar-refractivity contribution is 4.83. The highest BCUT2D eigenvalue weighted by atomic mass is 16.3. The first kappa shape index (κ1) is 11.0. The van der Waals surface area contributed by atoms with Gasteiger partial charge in [0.2, 0.25) is 0 Å². The van der Waals surface area contributed by atoms with E-state index in [4.69, 9.17) is 5.11 Å². The topological polar surface area (TPSA) is 35.5 Å². The molecule has 1 unspecified atom stereocenters. The van der Waals surface area contributed by atoms with Gasteiger partial charge in [-0.1, -0.05) is 0 Å². The van der Waals surface area contributed by atoms with Gasteiger partial charge >= 0.3 is 0 Å². The Hall–Kier alpha value is -0.120. The highest BCUT2D eigenvalue weighted by Crippen LogP contribution is 2.16. The smallest absolute Gasteiger partial charge is 0.0636 e. The minimum absolute atomic E-state index is 0.221. The maximum atomic E-state index is 9.02. The van der Waals surface area contributed by atoms with Gasteiger partial charge in [-0.25, -0.2) is 0 Å². The maximum Gasteiger partial charge on any atom is 0.0636 e. The van der Waals surface area contributed by atoms with Gasteiger partial charge in [-0.15, -0.1) is 0 Å². The van der Waals surface area contributed by atoms with Crippen molar-refractivity contribution in [1.82, 2.24) is 10.2 Å². The zero-order valence-corrected chi connectivity index (χ0v) is 8.95. The van der Waals surface area contributed by atoms with Gasteiger partial charge in [0.05, 0.1) is 6.10 Å². The summed E-state index contributed by atoms with van der Waals surface area (Å²) < 4.78 is 0. The van der Waals surface area contributed by atoms with Crippen molar-refractivity contribution in [3.63, 3.8) is 0 Å². The zero-order chi connectivity index (χ0) is 9.84. The van der Waals surface area contributed by atoms with E-state index in [-0.39, 0.29) is 6.10 Å². The van der Waals surface area contributed by atoms with Crippen molar-refractivity contribution in [2.45, 2.75) is 32.9 Å². The molecule has 1 heterocycles. The molecular formula is C10H22N2O. The van der Waals surface area contributed by atoms with E-state index in [9.17, 15) is 0 Å². The lowest BCUT2D eigenvalue weighted by Gasteiger charge is -2.42. The molecule has 1 saturated heterocycles. The average Bonchev–Trinajstić information content (AvgIpc) is 1.92. The number of hydrogen-bond donors (Lipinski definition) is 2. The summed E-state index contributed by atoms with van der Waals surface area (Å²) in [5.41, 5.74) is 0. The number of nitrogens with zero attached hydrogens (tertiary/aromatic N) is 1. The van der Waals surface area contributed by atoms with Crippen molar-refractivity contribution < 1.29 is 5.11 Å². The standard InChI is InChI=1S/C10H22N2O/c1-8(2)12-6-10(7-12)5-11-4-9(3)13/h8-11,13H,4-7H2,1-3H3. The van der Waals surface area contributed by atoms with Crippen molar-refractivity contribution in [2.75, 3.05) is 26.2 Å². The van der Waals surface area contributed by atoms with E-state index < -0.39 is 0 Å². The van der Waals surface area contributed by atoms with Crippen LogP contribution in [0.2, 0.25) is 0 Å².